The smallest absolute Gasteiger partial charge is 0.0508 e. The van der Waals surface area contributed by atoms with Gasteiger partial charge in [0.15, 0.2) is 0 Å². The van der Waals surface area contributed by atoms with E-state index in [0.717, 1.165) is 12.1 Å². The fourth-order valence-electron chi connectivity index (χ4n) is 5.10. The molecular weight excluding hydrogens is 284 g/mol. The molecule has 4 rings (SSSR count). The van der Waals surface area contributed by atoms with Gasteiger partial charge in [0, 0.05) is 48.8 Å². The molecule has 0 aliphatic carbocycles. The van der Waals surface area contributed by atoms with Crippen LogP contribution in [0.3, 0.4) is 0 Å². The molecule has 4 fully saturated rings. The van der Waals surface area contributed by atoms with Gasteiger partial charge in [0.25, 0.3) is 0 Å². The van der Waals surface area contributed by atoms with E-state index in [1.54, 1.807) is 0 Å². The summed E-state index contributed by atoms with van der Waals surface area (Å²) in [6.45, 7) is 20.2. The van der Waals surface area contributed by atoms with Gasteiger partial charge in [0.1, 0.15) is 0 Å². The highest BCUT2D eigenvalue weighted by Crippen LogP contribution is 2.38. The fraction of sp³-hybridized carbons (Fsp3) is 1.00. The number of piperidine rings is 2. The van der Waals surface area contributed by atoms with Gasteiger partial charge in [-0.15, -0.1) is 0 Å². The zero-order chi connectivity index (χ0) is 16.8. The lowest BCUT2D eigenvalue weighted by Crippen LogP contribution is -2.73. The third kappa shape index (κ3) is 4.28. The van der Waals surface area contributed by atoms with Gasteiger partial charge in [-0.3, -0.25) is 14.7 Å². The van der Waals surface area contributed by atoms with Crippen LogP contribution in [0.2, 0.25) is 0 Å². The molecule has 0 aromatic rings. The first-order valence-electron chi connectivity index (χ1n) is 9.63. The highest BCUT2D eigenvalue weighted by atomic mass is 15.4. The fourth-order valence-corrected chi connectivity index (χ4v) is 5.10. The molecule has 4 heteroatoms. The highest BCUT2D eigenvalue weighted by molar-refractivity contribution is 5.05. The van der Waals surface area contributed by atoms with Crippen molar-refractivity contribution < 1.29 is 0 Å². The maximum atomic E-state index is 3.80. The van der Waals surface area contributed by atoms with E-state index in [2.05, 4.69) is 61.6 Å². The van der Waals surface area contributed by atoms with Gasteiger partial charge in [-0.2, -0.15) is 0 Å². The average Bonchev–Trinajstić information content (AvgIpc) is 2.34. The predicted octanol–water partition coefficient (Wildman–Crippen LogP) is 2.35. The van der Waals surface area contributed by atoms with Crippen LogP contribution in [0.5, 0.6) is 0 Å². The Bertz CT molecular complexity index is 388. The second-order valence-corrected chi connectivity index (χ2v) is 10.1. The number of nitrogens with zero attached hydrogens (tertiary/aromatic N) is 3. The van der Waals surface area contributed by atoms with E-state index in [9.17, 15) is 0 Å². The molecule has 134 valence electrons. The van der Waals surface area contributed by atoms with Crippen LogP contribution in [0, 0.1) is 0 Å². The Kier molecular flexibility index (Phi) is 4.83. The van der Waals surface area contributed by atoms with Gasteiger partial charge >= 0.3 is 0 Å². The largest absolute Gasteiger partial charge is 0.308 e. The average molecular weight is 323 g/mol. The van der Waals surface area contributed by atoms with Crippen LogP contribution in [-0.2, 0) is 0 Å². The van der Waals surface area contributed by atoms with Crippen LogP contribution in [-0.4, -0.2) is 76.8 Å². The Labute approximate surface area is 143 Å². The van der Waals surface area contributed by atoms with Gasteiger partial charge in [-0.05, 0) is 67.3 Å². The SMILES string of the molecule is CC(C)(C)N[C@@H]1CCCN(CN2CC3CC(C2)N3C(C)(C)C)C1. The molecular formula is C19H38N4. The van der Waals surface area contributed by atoms with Gasteiger partial charge in [-0.25, -0.2) is 0 Å². The van der Waals surface area contributed by atoms with Crippen molar-refractivity contribution in [3.05, 3.63) is 0 Å². The van der Waals surface area contributed by atoms with E-state index in [1.165, 1.54) is 52.1 Å². The van der Waals surface area contributed by atoms with Crippen molar-refractivity contribution in [3.8, 4) is 0 Å². The maximum absolute atomic E-state index is 3.80. The lowest BCUT2D eigenvalue weighted by molar-refractivity contribution is -0.128. The monoisotopic (exact) mass is 322 g/mol. The minimum Gasteiger partial charge on any atom is -0.308 e. The van der Waals surface area contributed by atoms with Gasteiger partial charge in [-0.1, -0.05) is 0 Å². The molecule has 0 aromatic carbocycles. The van der Waals surface area contributed by atoms with Gasteiger partial charge in [0.2, 0.25) is 0 Å². The Morgan fingerprint density at radius 3 is 2.13 bits per heavy atom. The predicted molar refractivity (Wildman–Crippen MR) is 97.7 cm³/mol. The number of hydrogen-bond donors (Lipinski definition) is 1. The van der Waals surface area contributed by atoms with Gasteiger partial charge < -0.3 is 5.32 Å². The Balaban J connectivity index is 1.48. The third-order valence-corrected chi connectivity index (χ3v) is 5.59. The van der Waals surface area contributed by atoms with Crippen molar-refractivity contribution in [3.63, 3.8) is 0 Å². The maximum Gasteiger partial charge on any atom is 0.0508 e. The van der Waals surface area contributed by atoms with Crippen LogP contribution in [0.25, 0.3) is 0 Å². The first-order valence-corrected chi connectivity index (χ1v) is 9.63. The van der Waals surface area contributed by atoms with Crippen molar-refractivity contribution in [2.75, 3.05) is 32.8 Å². The summed E-state index contributed by atoms with van der Waals surface area (Å²) in [7, 11) is 0. The summed E-state index contributed by atoms with van der Waals surface area (Å²) in [6, 6.07) is 2.25. The number of likely N-dealkylation sites (tertiary alicyclic amines) is 1. The summed E-state index contributed by atoms with van der Waals surface area (Å²) < 4.78 is 0. The highest BCUT2D eigenvalue weighted by Gasteiger charge is 2.49. The molecule has 0 aromatic heterocycles. The Morgan fingerprint density at radius 2 is 1.57 bits per heavy atom. The minimum atomic E-state index is 0.230. The molecule has 0 spiro atoms. The van der Waals surface area contributed by atoms with Crippen LogP contribution < -0.4 is 5.32 Å². The summed E-state index contributed by atoms with van der Waals surface area (Å²) >= 11 is 0. The summed E-state index contributed by atoms with van der Waals surface area (Å²) in [5.74, 6) is 0. The summed E-state index contributed by atoms with van der Waals surface area (Å²) in [4.78, 5) is 8.14. The van der Waals surface area contributed by atoms with E-state index >= 15 is 0 Å². The molecule has 1 N–H and O–H groups in total. The molecule has 4 aliphatic heterocycles. The van der Waals surface area contributed by atoms with E-state index in [0.29, 0.717) is 11.6 Å². The standard InChI is InChI=1S/C19H38N4/c1-18(2,3)20-15-8-7-9-21(11-15)14-22-12-16-10-17(13-22)23(16)19(4,5)6/h15-17,20H,7-14H2,1-6H3/t15-,16?,17?/m1/s1. The van der Waals surface area contributed by atoms with Crippen LogP contribution in [0.15, 0.2) is 0 Å². The van der Waals surface area contributed by atoms with Crippen molar-refractivity contribution in [2.45, 2.75) is 90.0 Å². The van der Waals surface area contributed by atoms with E-state index in [4.69, 9.17) is 0 Å². The molecule has 23 heavy (non-hydrogen) atoms. The molecule has 4 heterocycles. The zero-order valence-electron chi connectivity index (χ0n) is 16.2. The first kappa shape index (κ1) is 17.7. The lowest BCUT2D eigenvalue weighted by Gasteiger charge is -2.62. The number of piperazine rings is 1. The molecule has 3 atom stereocenters. The van der Waals surface area contributed by atoms with Crippen molar-refractivity contribution in [2.24, 2.45) is 0 Å². The number of nitrogens with one attached hydrogen (secondary N) is 1. The second-order valence-electron chi connectivity index (χ2n) is 10.1. The van der Waals surface area contributed by atoms with Crippen molar-refractivity contribution >= 4 is 0 Å². The zero-order valence-corrected chi connectivity index (χ0v) is 16.2. The van der Waals surface area contributed by atoms with E-state index in [1.807, 2.05) is 0 Å². The molecule has 0 amide bonds. The molecule has 4 saturated heterocycles. The number of rotatable bonds is 3. The summed E-state index contributed by atoms with van der Waals surface area (Å²) in [6.07, 6.45) is 4.08. The second kappa shape index (κ2) is 6.29. The first-order chi connectivity index (χ1) is 10.6. The number of fused-ring (bicyclic) bond motifs is 2. The van der Waals surface area contributed by atoms with Crippen LogP contribution >= 0.6 is 0 Å². The molecule has 4 aliphatic rings. The topological polar surface area (TPSA) is 21.8 Å². The van der Waals surface area contributed by atoms with Crippen molar-refractivity contribution in [1.82, 2.24) is 20.0 Å². The molecule has 2 unspecified atom stereocenters. The third-order valence-electron chi connectivity index (χ3n) is 5.59. The molecule has 0 saturated carbocycles. The van der Waals surface area contributed by atoms with Crippen LogP contribution in [0.4, 0.5) is 0 Å². The minimum absolute atomic E-state index is 0.230. The summed E-state index contributed by atoms with van der Waals surface area (Å²) in [5, 5.41) is 3.80. The lowest BCUT2D eigenvalue weighted by atomic mass is 9.82. The number of hydrogen-bond acceptors (Lipinski definition) is 4. The van der Waals surface area contributed by atoms with E-state index in [-0.39, 0.29) is 5.54 Å². The van der Waals surface area contributed by atoms with E-state index < -0.39 is 0 Å². The Morgan fingerprint density at radius 1 is 0.913 bits per heavy atom. The molecule has 0 radical (unpaired) electrons. The Hall–Kier alpha value is -0.160. The van der Waals surface area contributed by atoms with Crippen molar-refractivity contribution in [1.29, 1.82) is 0 Å². The normalized spacial score (nSPS) is 34.4. The quantitative estimate of drug-likeness (QED) is 0.861. The molecule has 2 bridgehead atoms. The van der Waals surface area contributed by atoms with Gasteiger partial charge in [0.05, 0.1) is 6.67 Å². The molecule has 4 nitrogen and oxygen atoms in total. The summed E-state index contributed by atoms with van der Waals surface area (Å²) in [5.41, 5.74) is 0.570. The van der Waals surface area contributed by atoms with Crippen LogP contribution in [0.1, 0.15) is 60.8 Å².